The Morgan fingerprint density at radius 1 is 1.42 bits per heavy atom. The van der Waals surface area contributed by atoms with E-state index >= 15 is 0 Å². The molecule has 0 fully saturated rings. The lowest BCUT2D eigenvalue weighted by Crippen LogP contribution is -2.35. The van der Waals surface area contributed by atoms with Gasteiger partial charge in [-0.25, -0.2) is 0 Å². The highest BCUT2D eigenvalue weighted by Gasteiger charge is 2.18. The molecule has 1 atom stereocenters. The maximum Gasteiger partial charge on any atom is 0.255 e. The van der Waals surface area contributed by atoms with Crippen LogP contribution in [0.2, 0.25) is 0 Å². The summed E-state index contributed by atoms with van der Waals surface area (Å²) in [6, 6.07) is 7.54. The van der Waals surface area contributed by atoms with Crippen molar-refractivity contribution in [3.63, 3.8) is 0 Å². The number of aliphatic hydroxyl groups excluding tert-OH is 1. The van der Waals surface area contributed by atoms with Gasteiger partial charge in [-0.2, -0.15) is 0 Å². The number of carbonyl (C=O) groups excluding carboxylic acids is 1. The molecule has 1 N–H and O–H groups in total. The van der Waals surface area contributed by atoms with Crippen LogP contribution in [-0.4, -0.2) is 35.6 Å². The first-order chi connectivity index (χ1) is 9.11. The van der Waals surface area contributed by atoms with Gasteiger partial charge in [-0.05, 0) is 25.5 Å². The SMILES string of the molecule is CCC(C)N(C)C(=O)c1ccccc1C#CCCO. The van der Waals surface area contributed by atoms with Gasteiger partial charge in [0.15, 0.2) is 0 Å². The molecule has 0 aromatic heterocycles. The van der Waals surface area contributed by atoms with Gasteiger partial charge in [0.2, 0.25) is 0 Å². The third-order valence-corrected chi connectivity index (χ3v) is 3.19. The Kier molecular flexibility index (Phi) is 6.11. The minimum Gasteiger partial charge on any atom is -0.395 e. The lowest BCUT2D eigenvalue weighted by Gasteiger charge is -2.24. The molecule has 19 heavy (non-hydrogen) atoms. The van der Waals surface area contributed by atoms with Gasteiger partial charge in [-0.15, -0.1) is 0 Å². The minimum absolute atomic E-state index is 0.0109. The van der Waals surface area contributed by atoms with Crippen LogP contribution in [-0.2, 0) is 0 Å². The van der Waals surface area contributed by atoms with Crippen molar-refractivity contribution in [1.29, 1.82) is 0 Å². The van der Waals surface area contributed by atoms with Crippen LogP contribution in [0.5, 0.6) is 0 Å². The molecular weight excluding hydrogens is 238 g/mol. The number of carbonyl (C=O) groups is 1. The van der Waals surface area contributed by atoms with Gasteiger partial charge >= 0.3 is 0 Å². The fourth-order valence-corrected chi connectivity index (χ4v) is 1.66. The molecule has 1 aromatic carbocycles. The number of benzene rings is 1. The number of nitrogens with zero attached hydrogens (tertiary/aromatic N) is 1. The zero-order chi connectivity index (χ0) is 14.3. The Morgan fingerprint density at radius 2 is 2.11 bits per heavy atom. The van der Waals surface area contributed by atoms with E-state index in [2.05, 4.69) is 18.8 Å². The Bertz CT molecular complexity index is 485. The Balaban J connectivity index is 3.01. The van der Waals surface area contributed by atoms with Crippen molar-refractivity contribution in [2.75, 3.05) is 13.7 Å². The molecule has 0 saturated heterocycles. The van der Waals surface area contributed by atoms with E-state index in [1.54, 1.807) is 11.0 Å². The quantitative estimate of drug-likeness (QED) is 0.843. The van der Waals surface area contributed by atoms with Crippen molar-refractivity contribution in [3.8, 4) is 11.8 Å². The van der Waals surface area contributed by atoms with E-state index in [0.717, 1.165) is 12.0 Å². The number of amides is 1. The van der Waals surface area contributed by atoms with Gasteiger partial charge in [0, 0.05) is 25.1 Å². The van der Waals surface area contributed by atoms with E-state index in [9.17, 15) is 4.79 Å². The van der Waals surface area contributed by atoms with Gasteiger partial charge in [0.05, 0.1) is 12.2 Å². The topological polar surface area (TPSA) is 40.5 Å². The first-order valence-electron chi connectivity index (χ1n) is 6.57. The van der Waals surface area contributed by atoms with Crippen LogP contribution >= 0.6 is 0 Å². The summed E-state index contributed by atoms with van der Waals surface area (Å²) in [5, 5.41) is 8.74. The standard InChI is InChI=1S/C16H21NO2/c1-4-13(2)17(3)16(19)15-11-6-5-9-14(15)10-7-8-12-18/h5-6,9,11,13,18H,4,8,12H2,1-3H3. The maximum atomic E-state index is 12.4. The van der Waals surface area contributed by atoms with Crippen molar-refractivity contribution < 1.29 is 9.90 Å². The average molecular weight is 259 g/mol. The van der Waals surface area contributed by atoms with Crippen molar-refractivity contribution >= 4 is 5.91 Å². The van der Waals surface area contributed by atoms with Crippen LogP contribution in [0.3, 0.4) is 0 Å². The lowest BCUT2D eigenvalue weighted by molar-refractivity contribution is 0.0740. The van der Waals surface area contributed by atoms with E-state index in [1.807, 2.05) is 32.2 Å². The van der Waals surface area contributed by atoms with Crippen LogP contribution in [0.1, 0.15) is 42.6 Å². The second kappa shape index (κ2) is 7.60. The molecule has 1 aromatic rings. The smallest absolute Gasteiger partial charge is 0.255 e. The Hall–Kier alpha value is -1.79. The second-order valence-corrected chi connectivity index (χ2v) is 4.49. The van der Waals surface area contributed by atoms with Gasteiger partial charge in [-0.3, -0.25) is 4.79 Å². The lowest BCUT2D eigenvalue weighted by atomic mass is 10.1. The van der Waals surface area contributed by atoms with E-state index in [4.69, 9.17) is 5.11 Å². The molecule has 0 radical (unpaired) electrons. The molecule has 3 heteroatoms. The first-order valence-corrected chi connectivity index (χ1v) is 6.57. The molecular formula is C16H21NO2. The third-order valence-electron chi connectivity index (χ3n) is 3.19. The van der Waals surface area contributed by atoms with Crippen molar-refractivity contribution in [2.45, 2.75) is 32.7 Å². The molecule has 102 valence electrons. The van der Waals surface area contributed by atoms with Gasteiger partial charge in [0.25, 0.3) is 5.91 Å². The van der Waals surface area contributed by atoms with E-state index in [-0.39, 0.29) is 18.6 Å². The molecule has 0 aliphatic heterocycles. The molecule has 1 amide bonds. The summed E-state index contributed by atoms with van der Waals surface area (Å²) in [6.45, 7) is 4.12. The number of aliphatic hydroxyl groups is 1. The number of rotatable bonds is 4. The molecule has 0 spiro atoms. The van der Waals surface area contributed by atoms with Crippen molar-refractivity contribution in [2.24, 2.45) is 0 Å². The van der Waals surface area contributed by atoms with Crippen LogP contribution in [0, 0.1) is 11.8 Å². The monoisotopic (exact) mass is 259 g/mol. The van der Waals surface area contributed by atoms with E-state index in [0.29, 0.717) is 12.0 Å². The first kappa shape index (κ1) is 15.3. The average Bonchev–Trinajstić information content (AvgIpc) is 2.45. The summed E-state index contributed by atoms with van der Waals surface area (Å²) in [7, 11) is 1.81. The molecule has 1 rings (SSSR count). The summed E-state index contributed by atoms with van der Waals surface area (Å²) in [4.78, 5) is 14.1. The van der Waals surface area contributed by atoms with E-state index in [1.165, 1.54) is 0 Å². The molecule has 0 bridgehead atoms. The molecule has 3 nitrogen and oxygen atoms in total. The van der Waals surface area contributed by atoms with Crippen molar-refractivity contribution in [1.82, 2.24) is 4.90 Å². The van der Waals surface area contributed by atoms with E-state index < -0.39 is 0 Å². The highest BCUT2D eigenvalue weighted by Crippen LogP contribution is 2.13. The fraction of sp³-hybridized carbons (Fsp3) is 0.438. The van der Waals surface area contributed by atoms with Gasteiger partial charge in [-0.1, -0.05) is 30.9 Å². The second-order valence-electron chi connectivity index (χ2n) is 4.49. The van der Waals surface area contributed by atoms with Gasteiger partial charge < -0.3 is 10.0 Å². The zero-order valence-corrected chi connectivity index (χ0v) is 11.8. The maximum absolute atomic E-state index is 12.4. The molecule has 1 unspecified atom stereocenters. The van der Waals surface area contributed by atoms with Gasteiger partial charge in [0.1, 0.15) is 0 Å². The molecule has 0 aliphatic carbocycles. The van der Waals surface area contributed by atoms with Crippen LogP contribution in [0.15, 0.2) is 24.3 Å². The Morgan fingerprint density at radius 3 is 2.74 bits per heavy atom. The number of hydrogen-bond acceptors (Lipinski definition) is 2. The van der Waals surface area contributed by atoms with Crippen LogP contribution in [0.25, 0.3) is 0 Å². The summed E-state index contributed by atoms with van der Waals surface area (Å²) in [6.07, 6.45) is 1.34. The largest absolute Gasteiger partial charge is 0.395 e. The number of hydrogen-bond donors (Lipinski definition) is 1. The minimum atomic E-state index is -0.0109. The predicted molar refractivity (Wildman–Crippen MR) is 76.9 cm³/mol. The van der Waals surface area contributed by atoms with Crippen LogP contribution < -0.4 is 0 Å². The summed E-state index contributed by atoms with van der Waals surface area (Å²) in [5.41, 5.74) is 1.34. The summed E-state index contributed by atoms with van der Waals surface area (Å²) >= 11 is 0. The molecule has 0 aliphatic rings. The van der Waals surface area contributed by atoms with Crippen LogP contribution in [0.4, 0.5) is 0 Å². The highest BCUT2D eigenvalue weighted by atomic mass is 16.2. The zero-order valence-electron chi connectivity index (χ0n) is 11.8. The predicted octanol–water partition coefficient (Wildman–Crippen LogP) is 2.29. The summed E-state index contributed by atoms with van der Waals surface area (Å²) < 4.78 is 0. The highest BCUT2D eigenvalue weighted by molar-refractivity contribution is 5.96. The normalized spacial score (nSPS) is 11.4. The van der Waals surface area contributed by atoms with Crippen molar-refractivity contribution in [3.05, 3.63) is 35.4 Å². The fourth-order valence-electron chi connectivity index (χ4n) is 1.66. The molecule has 0 saturated carbocycles. The third kappa shape index (κ3) is 4.11. The molecule has 0 heterocycles. The summed E-state index contributed by atoms with van der Waals surface area (Å²) in [5.74, 6) is 5.80. The Labute approximate surface area is 115 Å².